The number of hydrogen-bond donors (Lipinski definition) is 1. The molecule has 1 saturated heterocycles. The predicted octanol–water partition coefficient (Wildman–Crippen LogP) is 3.02. The third kappa shape index (κ3) is 5.38. The number of carbonyl (C=O) groups excluding carboxylic acids is 1. The standard InChI is InChI=1S/C20H26ClN3O3S2/c1-15(17-6-4-3-5-7-17)14-22-20(25)16(2)23-10-12-24(13-11-23)29(26,27)19-9-8-18(21)28-19/h3-9,15-16H,10-14H2,1-2H3,(H,22,25)/t15-,16-/m0/s1. The molecule has 29 heavy (non-hydrogen) atoms. The van der Waals surface area contributed by atoms with E-state index in [9.17, 15) is 13.2 Å². The van der Waals surface area contributed by atoms with Gasteiger partial charge in [-0.1, -0.05) is 48.9 Å². The van der Waals surface area contributed by atoms with Gasteiger partial charge < -0.3 is 5.32 Å². The molecule has 1 aliphatic rings. The molecule has 0 spiro atoms. The lowest BCUT2D eigenvalue weighted by molar-refractivity contribution is -0.126. The number of halogens is 1. The maximum Gasteiger partial charge on any atom is 0.252 e. The molecule has 9 heteroatoms. The van der Waals surface area contributed by atoms with Crippen LogP contribution in [0.15, 0.2) is 46.7 Å². The van der Waals surface area contributed by atoms with Gasteiger partial charge in [-0.25, -0.2) is 8.42 Å². The Hall–Kier alpha value is -1.45. The summed E-state index contributed by atoms with van der Waals surface area (Å²) in [5.74, 6) is 0.195. The molecular weight excluding hydrogens is 430 g/mol. The molecular formula is C20H26ClN3O3S2. The normalized spacial score (nSPS) is 18.3. The fourth-order valence-corrected chi connectivity index (χ4v) is 6.42. The first-order chi connectivity index (χ1) is 13.8. The van der Waals surface area contributed by atoms with Crippen LogP contribution < -0.4 is 5.32 Å². The third-order valence-corrected chi connectivity index (χ3v) is 8.89. The molecule has 3 rings (SSSR count). The van der Waals surface area contributed by atoms with Gasteiger partial charge in [-0.05, 0) is 30.5 Å². The van der Waals surface area contributed by atoms with Gasteiger partial charge in [-0.3, -0.25) is 9.69 Å². The number of thiophene rings is 1. The van der Waals surface area contributed by atoms with E-state index in [4.69, 9.17) is 11.6 Å². The van der Waals surface area contributed by atoms with Gasteiger partial charge in [-0.15, -0.1) is 11.3 Å². The minimum Gasteiger partial charge on any atom is -0.354 e. The van der Waals surface area contributed by atoms with Crippen molar-refractivity contribution in [1.82, 2.24) is 14.5 Å². The Morgan fingerprint density at radius 2 is 1.76 bits per heavy atom. The van der Waals surface area contributed by atoms with Crippen LogP contribution in [0.1, 0.15) is 25.3 Å². The van der Waals surface area contributed by atoms with E-state index in [1.807, 2.05) is 30.0 Å². The molecule has 2 aromatic rings. The molecule has 158 valence electrons. The summed E-state index contributed by atoms with van der Waals surface area (Å²) < 4.78 is 27.6. The van der Waals surface area contributed by atoms with Crippen molar-refractivity contribution in [3.63, 3.8) is 0 Å². The van der Waals surface area contributed by atoms with Crippen molar-refractivity contribution < 1.29 is 13.2 Å². The molecule has 1 amide bonds. The van der Waals surface area contributed by atoms with Crippen LogP contribution in [0.4, 0.5) is 0 Å². The quantitative estimate of drug-likeness (QED) is 0.696. The number of nitrogens with one attached hydrogen (secondary N) is 1. The van der Waals surface area contributed by atoms with Crippen molar-refractivity contribution in [2.75, 3.05) is 32.7 Å². The van der Waals surface area contributed by atoms with Gasteiger partial charge in [-0.2, -0.15) is 4.31 Å². The molecule has 6 nitrogen and oxygen atoms in total. The van der Waals surface area contributed by atoms with Crippen LogP contribution in [0.3, 0.4) is 0 Å². The van der Waals surface area contributed by atoms with Gasteiger partial charge in [0.2, 0.25) is 5.91 Å². The maximum absolute atomic E-state index is 12.7. The SMILES string of the molecule is C[C@@H](CNC(=O)[C@H](C)N1CCN(S(=O)(=O)c2ccc(Cl)s2)CC1)c1ccccc1. The zero-order chi connectivity index (χ0) is 21.0. The van der Waals surface area contributed by atoms with Crippen molar-refractivity contribution in [1.29, 1.82) is 0 Å². The summed E-state index contributed by atoms with van der Waals surface area (Å²) in [4.78, 5) is 14.6. The first-order valence-electron chi connectivity index (χ1n) is 9.61. The average molecular weight is 456 g/mol. The Kier molecular flexibility index (Phi) is 7.34. The lowest BCUT2D eigenvalue weighted by atomic mass is 10.0. The molecule has 2 atom stereocenters. The second-order valence-corrected chi connectivity index (χ2v) is 11.1. The molecule has 0 radical (unpaired) electrons. The van der Waals surface area contributed by atoms with Crippen molar-refractivity contribution in [2.45, 2.75) is 30.0 Å². The van der Waals surface area contributed by atoms with Gasteiger partial charge in [0.15, 0.2) is 0 Å². The Morgan fingerprint density at radius 3 is 2.34 bits per heavy atom. The lowest BCUT2D eigenvalue weighted by Crippen LogP contribution is -2.55. The molecule has 0 unspecified atom stereocenters. The topological polar surface area (TPSA) is 69.7 Å². The first-order valence-corrected chi connectivity index (χ1v) is 12.2. The molecule has 1 fully saturated rings. The van der Waals surface area contributed by atoms with Gasteiger partial charge in [0, 0.05) is 32.7 Å². The molecule has 1 aliphatic heterocycles. The average Bonchev–Trinajstić information content (AvgIpc) is 3.19. The number of benzene rings is 1. The summed E-state index contributed by atoms with van der Waals surface area (Å²) in [7, 11) is -3.52. The number of rotatable bonds is 7. The number of piperazine rings is 1. The number of hydrogen-bond acceptors (Lipinski definition) is 5. The molecule has 0 saturated carbocycles. The smallest absolute Gasteiger partial charge is 0.252 e. The predicted molar refractivity (Wildman–Crippen MR) is 117 cm³/mol. The summed E-state index contributed by atoms with van der Waals surface area (Å²) in [6.45, 7) is 6.27. The van der Waals surface area contributed by atoms with E-state index in [2.05, 4.69) is 24.4 Å². The number of sulfonamides is 1. The van der Waals surface area contributed by atoms with Crippen LogP contribution in [0, 0.1) is 0 Å². The van der Waals surface area contributed by atoms with Crippen LogP contribution >= 0.6 is 22.9 Å². The van der Waals surface area contributed by atoms with Crippen LogP contribution in [-0.4, -0.2) is 62.3 Å². The van der Waals surface area contributed by atoms with E-state index < -0.39 is 10.0 Å². The van der Waals surface area contributed by atoms with E-state index in [0.29, 0.717) is 37.1 Å². The highest BCUT2D eigenvalue weighted by molar-refractivity contribution is 7.91. The first kappa shape index (κ1) is 22.2. The Bertz CT molecular complexity index is 925. The fourth-order valence-electron chi connectivity index (χ4n) is 3.36. The number of amides is 1. The second-order valence-electron chi connectivity index (χ2n) is 7.23. The van der Waals surface area contributed by atoms with E-state index in [1.165, 1.54) is 9.87 Å². The van der Waals surface area contributed by atoms with Gasteiger partial charge >= 0.3 is 0 Å². The van der Waals surface area contributed by atoms with Crippen LogP contribution in [-0.2, 0) is 14.8 Å². The lowest BCUT2D eigenvalue weighted by Gasteiger charge is -2.36. The van der Waals surface area contributed by atoms with Crippen LogP contribution in [0.5, 0.6) is 0 Å². The van der Waals surface area contributed by atoms with Crippen molar-refractivity contribution in [2.24, 2.45) is 0 Å². The summed E-state index contributed by atoms with van der Waals surface area (Å²) in [5, 5.41) is 3.02. The Labute approximate surface area is 181 Å². The van der Waals surface area contributed by atoms with Crippen molar-refractivity contribution >= 4 is 38.9 Å². The molecule has 1 N–H and O–H groups in total. The molecule has 1 aromatic carbocycles. The number of carbonyl (C=O) groups is 1. The molecule has 0 aliphatic carbocycles. The van der Waals surface area contributed by atoms with E-state index in [0.717, 1.165) is 11.3 Å². The minimum absolute atomic E-state index is 0.0332. The number of nitrogens with zero attached hydrogens (tertiary/aromatic N) is 2. The highest BCUT2D eigenvalue weighted by atomic mass is 35.5. The van der Waals surface area contributed by atoms with Gasteiger partial charge in [0.25, 0.3) is 10.0 Å². The van der Waals surface area contributed by atoms with E-state index >= 15 is 0 Å². The van der Waals surface area contributed by atoms with E-state index in [1.54, 1.807) is 12.1 Å². The van der Waals surface area contributed by atoms with Gasteiger partial charge in [0.05, 0.1) is 10.4 Å². The summed E-state index contributed by atoms with van der Waals surface area (Å²) in [5.41, 5.74) is 1.19. The van der Waals surface area contributed by atoms with Crippen LogP contribution in [0.2, 0.25) is 4.34 Å². The third-order valence-electron chi connectivity index (χ3n) is 5.29. The van der Waals surface area contributed by atoms with Crippen molar-refractivity contribution in [3.8, 4) is 0 Å². The summed E-state index contributed by atoms with van der Waals surface area (Å²) >= 11 is 6.94. The monoisotopic (exact) mass is 455 g/mol. The summed E-state index contributed by atoms with van der Waals surface area (Å²) in [6, 6.07) is 12.9. The van der Waals surface area contributed by atoms with Crippen molar-refractivity contribution in [3.05, 3.63) is 52.4 Å². The minimum atomic E-state index is -3.52. The maximum atomic E-state index is 12.7. The molecule has 0 bridgehead atoms. The molecule has 2 heterocycles. The van der Waals surface area contributed by atoms with Crippen LogP contribution in [0.25, 0.3) is 0 Å². The highest BCUT2D eigenvalue weighted by Crippen LogP contribution is 2.28. The summed E-state index contributed by atoms with van der Waals surface area (Å²) in [6.07, 6.45) is 0. The van der Waals surface area contributed by atoms with E-state index in [-0.39, 0.29) is 22.1 Å². The van der Waals surface area contributed by atoms with Gasteiger partial charge in [0.1, 0.15) is 4.21 Å². The molecule has 1 aromatic heterocycles. The zero-order valence-corrected chi connectivity index (χ0v) is 18.9. The Morgan fingerprint density at radius 1 is 1.10 bits per heavy atom. The fraction of sp³-hybridized carbons (Fsp3) is 0.450. The second kappa shape index (κ2) is 9.57. The highest BCUT2D eigenvalue weighted by Gasteiger charge is 2.32. The Balaban J connectivity index is 1.50. The zero-order valence-electron chi connectivity index (χ0n) is 16.5. The largest absolute Gasteiger partial charge is 0.354 e.